The van der Waals surface area contributed by atoms with Gasteiger partial charge in [0.25, 0.3) is 0 Å². The molecule has 1 saturated heterocycles. The summed E-state index contributed by atoms with van der Waals surface area (Å²) in [4.78, 5) is 16.1. The van der Waals surface area contributed by atoms with Crippen LogP contribution in [-0.2, 0) is 0 Å². The third-order valence-electron chi connectivity index (χ3n) is 3.76. The minimum absolute atomic E-state index is 0.193. The Morgan fingerprint density at radius 1 is 1.28 bits per heavy atom. The van der Waals surface area contributed by atoms with Crippen LogP contribution in [0, 0.1) is 0 Å². The van der Waals surface area contributed by atoms with E-state index in [2.05, 4.69) is 24.3 Å². The van der Waals surface area contributed by atoms with Gasteiger partial charge in [0.15, 0.2) is 0 Å². The average molecular weight is 246 g/mol. The zero-order valence-corrected chi connectivity index (χ0v) is 11.3. The molecule has 0 N–H and O–H groups in total. The van der Waals surface area contributed by atoms with E-state index in [1.807, 2.05) is 29.7 Å². The maximum absolute atomic E-state index is 12.2. The van der Waals surface area contributed by atoms with Crippen molar-refractivity contribution in [1.29, 1.82) is 0 Å². The summed E-state index contributed by atoms with van der Waals surface area (Å²) >= 11 is 0. The first-order valence-corrected chi connectivity index (χ1v) is 6.85. The van der Waals surface area contributed by atoms with Gasteiger partial charge in [0.2, 0.25) is 0 Å². The van der Waals surface area contributed by atoms with Crippen molar-refractivity contribution < 1.29 is 4.79 Å². The van der Waals surface area contributed by atoms with Crippen molar-refractivity contribution in [2.75, 3.05) is 26.2 Å². The quantitative estimate of drug-likeness (QED) is 0.804. The van der Waals surface area contributed by atoms with Crippen molar-refractivity contribution in [2.45, 2.75) is 26.2 Å². The largest absolute Gasteiger partial charge is 0.325 e. The van der Waals surface area contributed by atoms with Gasteiger partial charge in [-0.3, -0.25) is 0 Å². The van der Waals surface area contributed by atoms with Crippen LogP contribution in [0.2, 0.25) is 0 Å². The zero-order chi connectivity index (χ0) is 13.0. The summed E-state index contributed by atoms with van der Waals surface area (Å²) in [7, 11) is 0. The summed E-state index contributed by atoms with van der Waals surface area (Å²) in [6.07, 6.45) is 1.08. The van der Waals surface area contributed by atoms with Gasteiger partial charge >= 0.3 is 6.03 Å². The molecule has 2 amide bonds. The number of likely N-dealkylation sites (tertiary alicyclic amines) is 1. The van der Waals surface area contributed by atoms with E-state index in [-0.39, 0.29) is 6.03 Å². The van der Waals surface area contributed by atoms with E-state index in [9.17, 15) is 4.79 Å². The van der Waals surface area contributed by atoms with Crippen LogP contribution in [0.5, 0.6) is 0 Å². The predicted molar refractivity (Wildman–Crippen MR) is 73.7 cm³/mol. The standard InChI is InChI=1S/C15H22N2O/c1-3-16(4-2)15(18)17-11-10-14(12-17)13-8-6-5-7-9-13/h5-9,14H,3-4,10-12H2,1-2H3. The van der Waals surface area contributed by atoms with Crippen molar-refractivity contribution in [3.8, 4) is 0 Å². The lowest BCUT2D eigenvalue weighted by Gasteiger charge is -2.26. The second-order valence-electron chi connectivity index (χ2n) is 4.80. The molecule has 0 aromatic heterocycles. The fourth-order valence-electron chi connectivity index (χ4n) is 2.63. The Morgan fingerprint density at radius 3 is 2.56 bits per heavy atom. The Morgan fingerprint density at radius 2 is 1.94 bits per heavy atom. The van der Waals surface area contributed by atoms with Crippen LogP contribution in [0.4, 0.5) is 4.79 Å². The van der Waals surface area contributed by atoms with E-state index in [0.717, 1.165) is 32.6 Å². The fraction of sp³-hybridized carbons (Fsp3) is 0.533. The van der Waals surface area contributed by atoms with Crippen molar-refractivity contribution >= 4 is 6.03 Å². The van der Waals surface area contributed by atoms with Gasteiger partial charge in [0, 0.05) is 32.1 Å². The van der Waals surface area contributed by atoms with E-state index in [1.165, 1.54) is 5.56 Å². The molecule has 1 aliphatic rings. The lowest BCUT2D eigenvalue weighted by Crippen LogP contribution is -2.41. The van der Waals surface area contributed by atoms with E-state index in [4.69, 9.17) is 0 Å². The molecule has 18 heavy (non-hydrogen) atoms. The fourth-order valence-corrected chi connectivity index (χ4v) is 2.63. The van der Waals surface area contributed by atoms with Gasteiger partial charge in [0.1, 0.15) is 0 Å². The highest BCUT2D eigenvalue weighted by Gasteiger charge is 2.28. The van der Waals surface area contributed by atoms with Crippen LogP contribution in [0.25, 0.3) is 0 Å². The summed E-state index contributed by atoms with van der Waals surface area (Å²) in [6.45, 7) is 7.40. The number of amides is 2. The molecule has 1 aromatic rings. The third-order valence-corrected chi connectivity index (χ3v) is 3.76. The maximum Gasteiger partial charge on any atom is 0.319 e. The Bertz CT molecular complexity index is 387. The molecule has 1 fully saturated rings. The topological polar surface area (TPSA) is 23.6 Å². The monoisotopic (exact) mass is 246 g/mol. The zero-order valence-electron chi connectivity index (χ0n) is 11.3. The van der Waals surface area contributed by atoms with Crippen molar-refractivity contribution in [1.82, 2.24) is 9.80 Å². The minimum atomic E-state index is 0.193. The molecule has 2 rings (SSSR count). The Kier molecular flexibility index (Phi) is 4.24. The summed E-state index contributed by atoms with van der Waals surface area (Å²) < 4.78 is 0. The molecule has 0 saturated carbocycles. The Balaban J connectivity index is 1.98. The molecule has 98 valence electrons. The Labute approximate surface area is 109 Å². The SMILES string of the molecule is CCN(CC)C(=O)N1CCC(c2ccccc2)C1. The molecule has 1 heterocycles. The van der Waals surface area contributed by atoms with Crippen molar-refractivity contribution in [3.05, 3.63) is 35.9 Å². The van der Waals surface area contributed by atoms with Gasteiger partial charge in [-0.2, -0.15) is 0 Å². The van der Waals surface area contributed by atoms with Crippen LogP contribution in [0.3, 0.4) is 0 Å². The molecule has 3 heteroatoms. The van der Waals surface area contributed by atoms with Gasteiger partial charge in [-0.25, -0.2) is 4.79 Å². The van der Waals surface area contributed by atoms with Gasteiger partial charge in [-0.15, -0.1) is 0 Å². The first kappa shape index (κ1) is 12.9. The number of carbonyl (C=O) groups is 1. The molecule has 1 unspecified atom stereocenters. The highest BCUT2D eigenvalue weighted by atomic mass is 16.2. The van der Waals surface area contributed by atoms with Gasteiger partial charge in [-0.1, -0.05) is 30.3 Å². The lowest BCUT2D eigenvalue weighted by molar-refractivity contribution is 0.167. The molecular formula is C15H22N2O. The predicted octanol–water partition coefficient (Wildman–Crippen LogP) is 2.94. The first-order valence-electron chi connectivity index (χ1n) is 6.85. The van der Waals surface area contributed by atoms with Crippen LogP contribution in [0.15, 0.2) is 30.3 Å². The van der Waals surface area contributed by atoms with E-state index < -0.39 is 0 Å². The molecule has 1 atom stereocenters. The molecule has 1 aromatic carbocycles. The number of hydrogen-bond acceptors (Lipinski definition) is 1. The molecule has 3 nitrogen and oxygen atoms in total. The summed E-state index contributed by atoms with van der Waals surface area (Å²) in [5.41, 5.74) is 1.35. The summed E-state index contributed by atoms with van der Waals surface area (Å²) in [5, 5.41) is 0. The minimum Gasteiger partial charge on any atom is -0.325 e. The van der Waals surface area contributed by atoms with E-state index in [1.54, 1.807) is 0 Å². The average Bonchev–Trinajstić information content (AvgIpc) is 2.90. The number of carbonyl (C=O) groups excluding carboxylic acids is 1. The smallest absolute Gasteiger partial charge is 0.319 e. The Hall–Kier alpha value is -1.51. The second kappa shape index (κ2) is 5.89. The lowest BCUT2D eigenvalue weighted by atomic mass is 9.99. The highest BCUT2D eigenvalue weighted by Crippen LogP contribution is 2.27. The van der Waals surface area contributed by atoms with Crippen molar-refractivity contribution in [2.24, 2.45) is 0 Å². The number of benzene rings is 1. The highest BCUT2D eigenvalue weighted by molar-refractivity contribution is 5.74. The van der Waals surface area contributed by atoms with E-state index >= 15 is 0 Å². The van der Waals surface area contributed by atoms with Gasteiger partial charge in [0.05, 0.1) is 0 Å². The molecular weight excluding hydrogens is 224 g/mol. The number of urea groups is 1. The van der Waals surface area contributed by atoms with Crippen LogP contribution < -0.4 is 0 Å². The van der Waals surface area contributed by atoms with Crippen molar-refractivity contribution in [3.63, 3.8) is 0 Å². The molecule has 1 aliphatic heterocycles. The maximum atomic E-state index is 12.2. The first-order chi connectivity index (χ1) is 8.76. The summed E-state index contributed by atoms with van der Waals surface area (Å²) in [6, 6.07) is 10.7. The number of hydrogen-bond donors (Lipinski definition) is 0. The molecule has 0 bridgehead atoms. The molecule has 0 radical (unpaired) electrons. The summed E-state index contributed by atoms with van der Waals surface area (Å²) in [5.74, 6) is 0.505. The van der Waals surface area contributed by atoms with Crippen LogP contribution >= 0.6 is 0 Å². The van der Waals surface area contributed by atoms with E-state index in [0.29, 0.717) is 5.92 Å². The van der Waals surface area contributed by atoms with Crippen LogP contribution in [-0.4, -0.2) is 42.0 Å². The van der Waals surface area contributed by atoms with Crippen LogP contribution in [0.1, 0.15) is 31.7 Å². The normalized spacial score (nSPS) is 19.0. The molecule has 0 spiro atoms. The molecule has 0 aliphatic carbocycles. The third kappa shape index (κ3) is 2.66. The number of rotatable bonds is 3. The van der Waals surface area contributed by atoms with Gasteiger partial charge in [-0.05, 0) is 25.8 Å². The van der Waals surface area contributed by atoms with Gasteiger partial charge < -0.3 is 9.80 Å². The second-order valence-corrected chi connectivity index (χ2v) is 4.80. The number of nitrogens with zero attached hydrogens (tertiary/aromatic N) is 2.